The summed E-state index contributed by atoms with van der Waals surface area (Å²) in [5, 5.41) is 4.14. The van der Waals surface area contributed by atoms with Crippen LogP contribution in [0.15, 0.2) is 54.7 Å². The fourth-order valence-electron chi connectivity index (χ4n) is 3.46. The van der Waals surface area contributed by atoms with Crippen LogP contribution in [0.1, 0.15) is 36.0 Å². The van der Waals surface area contributed by atoms with Gasteiger partial charge in [-0.3, -0.25) is 4.79 Å². The summed E-state index contributed by atoms with van der Waals surface area (Å²) in [4.78, 5) is 15.9. The van der Waals surface area contributed by atoms with Gasteiger partial charge in [0.05, 0.1) is 6.61 Å². The molecule has 0 fully saturated rings. The van der Waals surface area contributed by atoms with Crippen molar-refractivity contribution >= 4 is 16.8 Å². The molecule has 1 unspecified atom stereocenters. The van der Waals surface area contributed by atoms with E-state index in [1.54, 1.807) is 7.11 Å². The molecular weight excluding hydrogens is 324 g/mol. The highest BCUT2D eigenvalue weighted by molar-refractivity contribution is 5.88. The highest BCUT2D eigenvalue weighted by Gasteiger charge is 2.21. The number of carbonyl (C=O) groups excluding carboxylic acids is 1. The average Bonchev–Trinajstić information content (AvgIpc) is 3.11. The number of amides is 1. The molecule has 0 saturated carbocycles. The summed E-state index contributed by atoms with van der Waals surface area (Å²) in [6.45, 7) is 3.21. The molecule has 2 aromatic carbocycles. The average molecular weight is 350 g/mol. The summed E-state index contributed by atoms with van der Waals surface area (Å²) >= 11 is 0. The molecule has 4 heteroatoms. The van der Waals surface area contributed by atoms with Crippen LogP contribution in [0.2, 0.25) is 0 Å². The van der Waals surface area contributed by atoms with Crippen molar-refractivity contribution in [3.05, 3.63) is 71.4 Å². The lowest BCUT2D eigenvalue weighted by Gasteiger charge is -2.17. The van der Waals surface area contributed by atoms with E-state index < -0.39 is 0 Å². The molecule has 136 valence electrons. The van der Waals surface area contributed by atoms with Gasteiger partial charge >= 0.3 is 0 Å². The normalized spacial score (nSPS) is 12.2. The molecule has 0 saturated heterocycles. The first-order valence-corrected chi connectivity index (χ1v) is 9.14. The number of carbonyl (C=O) groups is 1. The lowest BCUT2D eigenvalue weighted by molar-refractivity contribution is -0.121. The van der Waals surface area contributed by atoms with Crippen molar-refractivity contribution in [2.24, 2.45) is 0 Å². The molecule has 26 heavy (non-hydrogen) atoms. The zero-order chi connectivity index (χ0) is 18.4. The lowest BCUT2D eigenvalue weighted by atomic mass is 9.87. The van der Waals surface area contributed by atoms with E-state index in [0.29, 0.717) is 19.6 Å². The van der Waals surface area contributed by atoms with Crippen LogP contribution in [0.25, 0.3) is 10.9 Å². The molecular formula is C22H26N2O2. The molecule has 0 spiro atoms. The maximum atomic E-state index is 12.5. The van der Waals surface area contributed by atoms with Crippen molar-refractivity contribution in [1.82, 2.24) is 10.3 Å². The lowest BCUT2D eigenvalue weighted by Crippen LogP contribution is -2.28. The van der Waals surface area contributed by atoms with Crippen molar-refractivity contribution in [2.45, 2.75) is 25.7 Å². The number of aromatic nitrogens is 1. The summed E-state index contributed by atoms with van der Waals surface area (Å²) < 4.78 is 5.02. The number of para-hydroxylation sites is 1. The number of rotatable bonds is 8. The highest BCUT2D eigenvalue weighted by atomic mass is 16.5. The third-order valence-corrected chi connectivity index (χ3v) is 4.81. The maximum Gasteiger partial charge on any atom is 0.221 e. The van der Waals surface area contributed by atoms with Gasteiger partial charge in [0.1, 0.15) is 0 Å². The number of fused-ring (bicyclic) bond motifs is 1. The minimum absolute atomic E-state index is 0.0135. The van der Waals surface area contributed by atoms with E-state index in [9.17, 15) is 4.79 Å². The van der Waals surface area contributed by atoms with E-state index in [0.717, 1.165) is 12.0 Å². The fourth-order valence-corrected chi connectivity index (χ4v) is 3.46. The second-order valence-electron chi connectivity index (χ2n) is 6.45. The topological polar surface area (TPSA) is 54.1 Å². The summed E-state index contributed by atoms with van der Waals surface area (Å²) in [7, 11) is 1.64. The maximum absolute atomic E-state index is 12.5. The van der Waals surface area contributed by atoms with Crippen LogP contribution in [-0.2, 0) is 16.0 Å². The molecule has 2 N–H and O–H groups in total. The van der Waals surface area contributed by atoms with Gasteiger partial charge in [0.15, 0.2) is 0 Å². The predicted octanol–water partition coefficient (Wildman–Crippen LogP) is 4.01. The van der Waals surface area contributed by atoms with E-state index in [2.05, 4.69) is 53.8 Å². The fraction of sp³-hybridized carbons (Fsp3) is 0.318. The zero-order valence-corrected chi connectivity index (χ0v) is 15.4. The monoisotopic (exact) mass is 350 g/mol. The molecule has 4 nitrogen and oxygen atoms in total. The Kier molecular flexibility index (Phi) is 6.08. The summed E-state index contributed by atoms with van der Waals surface area (Å²) in [6, 6.07) is 16.6. The standard InChI is InChI=1S/C22H26N2O2/c1-3-16-10-7-11-18-20(15-24-22(16)18)19(17-8-5-4-6-9-17)14-21(25)23-12-13-26-2/h4-11,15,19,24H,3,12-14H2,1-2H3,(H,23,25). The van der Waals surface area contributed by atoms with Gasteiger partial charge in [0.25, 0.3) is 0 Å². The molecule has 3 aromatic rings. The Balaban J connectivity index is 1.95. The number of nitrogens with one attached hydrogen (secondary N) is 2. The first-order valence-electron chi connectivity index (χ1n) is 9.14. The van der Waals surface area contributed by atoms with Gasteiger partial charge in [0.2, 0.25) is 5.91 Å². The Labute approximate surface area is 154 Å². The van der Waals surface area contributed by atoms with Gasteiger partial charge in [-0.05, 0) is 23.1 Å². The van der Waals surface area contributed by atoms with Crippen LogP contribution in [0.5, 0.6) is 0 Å². The number of hydrogen-bond donors (Lipinski definition) is 2. The second-order valence-corrected chi connectivity index (χ2v) is 6.45. The summed E-state index contributed by atoms with van der Waals surface area (Å²) in [5.41, 5.74) is 4.79. The van der Waals surface area contributed by atoms with Crippen molar-refractivity contribution in [3.63, 3.8) is 0 Å². The largest absolute Gasteiger partial charge is 0.383 e. The van der Waals surface area contributed by atoms with Gasteiger partial charge in [-0.25, -0.2) is 0 Å². The first-order chi connectivity index (χ1) is 12.7. The van der Waals surface area contributed by atoms with Crippen molar-refractivity contribution in [3.8, 4) is 0 Å². The Morgan fingerprint density at radius 2 is 1.96 bits per heavy atom. The number of aromatic amines is 1. The number of methoxy groups -OCH3 is 1. The minimum Gasteiger partial charge on any atom is -0.383 e. The van der Waals surface area contributed by atoms with E-state index >= 15 is 0 Å². The Bertz CT molecular complexity index is 855. The van der Waals surface area contributed by atoms with Crippen molar-refractivity contribution in [2.75, 3.05) is 20.3 Å². The van der Waals surface area contributed by atoms with Gasteiger partial charge in [-0.2, -0.15) is 0 Å². The molecule has 1 heterocycles. The smallest absolute Gasteiger partial charge is 0.221 e. The van der Waals surface area contributed by atoms with E-state index in [1.807, 2.05) is 18.2 Å². The van der Waals surface area contributed by atoms with Gasteiger partial charge < -0.3 is 15.0 Å². The summed E-state index contributed by atoms with van der Waals surface area (Å²) in [6.07, 6.45) is 3.45. The van der Waals surface area contributed by atoms with Crippen molar-refractivity contribution in [1.29, 1.82) is 0 Å². The molecule has 3 rings (SSSR count). The van der Waals surface area contributed by atoms with Gasteiger partial charge in [0, 0.05) is 43.1 Å². The quantitative estimate of drug-likeness (QED) is 0.603. The van der Waals surface area contributed by atoms with Crippen LogP contribution in [-0.4, -0.2) is 31.2 Å². The number of ether oxygens (including phenoxy) is 1. The van der Waals surface area contributed by atoms with Crippen LogP contribution >= 0.6 is 0 Å². The minimum atomic E-state index is 0.0135. The molecule has 0 aliphatic rings. The molecule has 0 aliphatic heterocycles. The first kappa shape index (κ1) is 18.2. The number of benzene rings is 2. The molecule has 1 amide bonds. The second kappa shape index (κ2) is 8.68. The Morgan fingerprint density at radius 1 is 1.15 bits per heavy atom. The van der Waals surface area contributed by atoms with E-state index in [1.165, 1.54) is 22.0 Å². The number of hydrogen-bond acceptors (Lipinski definition) is 2. The molecule has 0 bridgehead atoms. The van der Waals surface area contributed by atoms with Crippen LogP contribution < -0.4 is 5.32 Å². The Morgan fingerprint density at radius 3 is 2.69 bits per heavy atom. The third-order valence-electron chi connectivity index (χ3n) is 4.81. The Hall–Kier alpha value is -2.59. The predicted molar refractivity (Wildman–Crippen MR) is 105 cm³/mol. The summed E-state index contributed by atoms with van der Waals surface area (Å²) in [5.74, 6) is 0.0523. The molecule has 0 radical (unpaired) electrons. The molecule has 1 atom stereocenters. The van der Waals surface area contributed by atoms with Crippen LogP contribution in [0.4, 0.5) is 0 Å². The third kappa shape index (κ3) is 3.97. The molecule has 0 aliphatic carbocycles. The number of aryl methyl sites for hydroxylation is 1. The van der Waals surface area contributed by atoms with Crippen LogP contribution in [0, 0.1) is 0 Å². The van der Waals surface area contributed by atoms with Gasteiger partial charge in [-0.1, -0.05) is 55.5 Å². The van der Waals surface area contributed by atoms with Crippen LogP contribution in [0.3, 0.4) is 0 Å². The van der Waals surface area contributed by atoms with Gasteiger partial charge in [-0.15, -0.1) is 0 Å². The molecule has 1 aromatic heterocycles. The van der Waals surface area contributed by atoms with E-state index in [-0.39, 0.29) is 11.8 Å². The highest BCUT2D eigenvalue weighted by Crippen LogP contribution is 2.34. The zero-order valence-electron chi connectivity index (χ0n) is 15.4. The van der Waals surface area contributed by atoms with E-state index in [4.69, 9.17) is 4.74 Å². The van der Waals surface area contributed by atoms with Crippen molar-refractivity contribution < 1.29 is 9.53 Å². The number of H-pyrrole nitrogens is 1. The SMILES string of the molecule is CCc1cccc2c(C(CC(=O)NCCOC)c3ccccc3)c[nH]c12.